The minimum atomic E-state index is -0.793. The van der Waals surface area contributed by atoms with Crippen molar-refractivity contribution >= 4 is 5.91 Å². The van der Waals surface area contributed by atoms with Gasteiger partial charge in [0.05, 0.1) is 27.0 Å². The van der Waals surface area contributed by atoms with Gasteiger partial charge in [0, 0.05) is 18.2 Å². The third kappa shape index (κ3) is 4.85. The largest absolute Gasteiger partial charge is 0.493 e. The maximum absolute atomic E-state index is 12.8. The summed E-state index contributed by atoms with van der Waals surface area (Å²) in [5.41, 5.74) is 1.88. The summed E-state index contributed by atoms with van der Waals surface area (Å²) >= 11 is 0. The Morgan fingerprint density at radius 3 is 2.23 bits per heavy atom. The highest BCUT2D eigenvalue weighted by atomic mass is 16.5. The molecule has 31 heavy (non-hydrogen) atoms. The Morgan fingerprint density at radius 2 is 1.65 bits per heavy atom. The molecular weight excluding hydrogens is 398 g/mol. The van der Waals surface area contributed by atoms with Crippen LogP contribution in [0.4, 0.5) is 0 Å². The fourth-order valence-electron chi connectivity index (χ4n) is 3.15. The molecule has 1 aromatic heterocycles. The van der Waals surface area contributed by atoms with Gasteiger partial charge in [0.1, 0.15) is 6.04 Å². The van der Waals surface area contributed by atoms with Crippen molar-refractivity contribution in [2.45, 2.75) is 19.5 Å². The second-order valence-corrected chi connectivity index (χ2v) is 6.79. The number of carbonyl (C=O) groups is 1. The Kier molecular flexibility index (Phi) is 6.92. The number of hydrogen-bond donors (Lipinski definition) is 1. The van der Waals surface area contributed by atoms with Gasteiger partial charge in [-0.3, -0.25) is 9.59 Å². The third-order valence-electron chi connectivity index (χ3n) is 4.83. The number of aromatic nitrogens is 2. The molecule has 0 aliphatic carbocycles. The van der Waals surface area contributed by atoms with Crippen molar-refractivity contribution in [3.05, 3.63) is 70.5 Å². The zero-order valence-corrected chi connectivity index (χ0v) is 17.9. The topological polar surface area (TPSA) is 91.7 Å². The van der Waals surface area contributed by atoms with Gasteiger partial charge in [0.15, 0.2) is 11.5 Å². The Hall–Kier alpha value is -3.81. The van der Waals surface area contributed by atoms with Crippen LogP contribution in [0.3, 0.4) is 0 Å². The fraction of sp³-hybridized carbons (Fsp3) is 0.261. The number of benzene rings is 2. The first kappa shape index (κ1) is 21.9. The average Bonchev–Trinajstić information content (AvgIpc) is 2.82. The average molecular weight is 423 g/mol. The van der Waals surface area contributed by atoms with Gasteiger partial charge in [0.25, 0.3) is 5.56 Å². The number of rotatable bonds is 8. The summed E-state index contributed by atoms with van der Waals surface area (Å²) in [5.74, 6) is 1.12. The van der Waals surface area contributed by atoms with Crippen molar-refractivity contribution in [3.63, 3.8) is 0 Å². The normalized spacial score (nSPS) is 11.5. The molecule has 0 saturated carbocycles. The molecule has 0 bridgehead atoms. The summed E-state index contributed by atoms with van der Waals surface area (Å²) in [6.45, 7) is 1.85. The van der Waals surface area contributed by atoms with Crippen molar-refractivity contribution in [1.82, 2.24) is 15.1 Å². The molecule has 162 valence electrons. The van der Waals surface area contributed by atoms with Crippen LogP contribution in [0.2, 0.25) is 0 Å². The molecule has 1 atom stereocenters. The van der Waals surface area contributed by atoms with Crippen molar-refractivity contribution in [3.8, 4) is 28.5 Å². The zero-order valence-electron chi connectivity index (χ0n) is 17.9. The summed E-state index contributed by atoms with van der Waals surface area (Å²) in [7, 11) is 4.58. The smallest absolute Gasteiger partial charge is 0.267 e. The summed E-state index contributed by atoms with van der Waals surface area (Å²) < 4.78 is 17.2. The first-order valence-corrected chi connectivity index (χ1v) is 9.70. The number of methoxy groups -OCH3 is 3. The molecule has 1 heterocycles. The second kappa shape index (κ2) is 9.80. The number of nitrogens with one attached hydrogen (secondary N) is 1. The quantitative estimate of drug-likeness (QED) is 0.599. The summed E-state index contributed by atoms with van der Waals surface area (Å²) in [6, 6.07) is 15.3. The van der Waals surface area contributed by atoms with Crippen LogP contribution in [0, 0.1) is 0 Å². The lowest BCUT2D eigenvalue weighted by Gasteiger charge is -2.17. The highest BCUT2D eigenvalue weighted by molar-refractivity contribution is 5.79. The van der Waals surface area contributed by atoms with E-state index in [1.165, 1.54) is 32.1 Å². The molecule has 2 aromatic carbocycles. The molecule has 8 heteroatoms. The summed E-state index contributed by atoms with van der Waals surface area (Å²) in [4.78, 5) is 25.1. The molecule has 0 radical (unpaired) electrons. The molecule has 3 aromatic rings. The van der Waals surface area contributed by atoms with Gasteiger partial charge in [-0.25, -0.2) is 4.68 Å². The molecule has 0 spiro atoms. The lowest BCUT2D eigenvalue weighted by Crippen LogP contribution is -2.36. The lowest BCUT2D eigenvalue weighted by atomic mass is 10.1. The molecule has 0 aliphatic rings. The Balaban J connectivity index is 1.78. The van der Waals surface area contributed by atoms with Crippen LogP contribution in [-0.2, 0) is 11.3 Å². The van der Waals surface area contributed by atoms with Crippen LogP contribution in [0.25, 0.3) is 11.3 Å². The standard InChI is InChI=1S/C23H25N3O5/c1-15(26-21(27)11-10-18(25-26)17-8-6-5-7-9-17)23(28)24-14-16-12-19(29-2)22(31-4)20(13-16)30-3/h5-13,15H,14H2,1-4H3,(H,24,28). The van der Waals surface area contributed by atoms with Crippen molar-refractivity contribution in [2.75, 3.05) is 21.3 Å². The van der Waals surface area contributed by atoms with Gasteiger partial charge in [-0.15, -0.1) is 0 Å². The van der Waals surface area contributed by atoms with E-state index >= 15 is 0 Å². The first-order chi connectivity index (χ1) is 15.0. The second-order valence-electron chi connectivity index (χ2n) is 6.79. The van der Waals surface area contributed by atoms with E-state index in [1.807, 2.05) is 30.3 Å². The monoisotopic (exact) mass is 423 g/mol. The lowest BCUT2D eigenvalue weighted by molar-refractivity contribution is -0.124. The highest BCUT2D eigenvalue weighted by Gasteiger charge is 2.19. The van der Waals surface area contributed by atoms with Crippen LogP contribution in [0.1, 0.15) is 18.5 Å². The molecule has 0 aliphatic heterocycles. The van der Waals surface area contributed by atoms with Crippen molar-refractivity contribution in [1.29, 1.82) is 0 Å². The molecule has 1 amide bonds. The molecular formula is C23H25N3O5. The SMILES string of the molecule is COc1cc(CNC(=O)C(C)n2nc(-c3ccccc3)ccc2=O)cc(OC)c1OC. The number of amides is 1. The van der Waals surface area contributed by atoms with Crippen molar-refractivity contribution < 1.29 is 19.0 Å². The minimum Gasteiger partial charge on any atom is -0.493 e. The Morgan fingerprint density at radius 1 is 1.00 bits per heavy atom. The first-order valence-electron chi connectivity index (χ1n) is 9.70. The number of carbonyl (C=O) groups excluding carboxylic acids is 1. The Labute approximate surface area is 180 Å². The van der Waals surface area contributed by atoms with Gasteiger partial charge in [-0.2, -0.15) is 5.10 Å². The predicted molar refractivity (Wildman–Crippen MR) is 117 cm³/mol. The molecule has 0 fully saturated rings. The van der Waals surface area contributed by atoms with Gasteiger partial charge in [0.2, 0.25) is 11.7 Å². The van der Waals surface area contributed by atoms with Crippen LogP contribution in [0.15, 0.2) is 59.4 Å². The van der Waals surface area contributed by atoms with Gasteiger partial charge >= 0.3 is 0 Å². The van der Waals surface area contributed by atoms with E-state index in [9.17, 15) is 9.59 Å². The van der Waals surface area contributed by atoms with E-state index in [0.717, 1.165) is 11.1 Å². The summed E-state index contributed by atoms with van der Waals surface area (Å²) in [6.07, 6.45) is 0. The van der Waals surface area contributed by atoms with Gasteiger partial charge in [-0.05, 0) is 30.7 Å². The van der Waals surface area contributed by atoms with Gasteiger partial charge in [-0.1, -0.05) is 30.3 Å². The number of nitrogens with zero attached hydrogens (tertiary/aromatic N) is 2. The fourth-order valence-corrected chi connectivity index (χ4v) is 3.15. The van der Waals surface area contributed by atoms with Crippen LogP contribution < -0.4 is 25.1 Å². The molecule has 1 N–H and O–H groups in total. The zero-order chi connectivity index (χ0) is 22.4. The number of ether oxygens (including phenoxy) is 3. The van der Waals surface area contributed by atoms with E-state index in [2.05, 4.69) is 10.4 Å². The molecule has 0 saturated heterocycles. The van der Waals surface area contributed by atoms with Gasteiger partial charge < -0.3 is 19.5 Å². The third-order valence-corrected chi connectivity index (χ3v) is 4.83. The van der Waals surface area contributed by atoms with E-state index in [4.69, 9.17) is 14.2 Å². The minimum absolute atomic E-state index is 0.215. The molecule has 8 nitrogen and oxygen atoms in total. The van der Waals surface area contributed by atoms with Crippen LogP contribution in [0.5, 0.6) is 17.2 Å². The molecule has 1 unspecified atom stereocenters. The molecule has 3 rings (SSSR count). The van der Waals surface area contributed by atoms with E-state index < -0.39 is 6.04 Å². The van der Waals surface area contributed by atoms with E-state index in [1.54, 1.807) is 25.1 Å². The van der Waals surface area contributed by atoms with Crippen molar-refractivity contribution in [2.24, 2.45) is 0 Å². The van der Waals surface area contributed by atoms with Crippen LogP contribution in [-0.4, -0.2) is 37.0 Å². The predicted octanol–water partition coefficient (Wildman–Crippen LogP) is 2.81. The van der Waals surface area contributed by atoms with Crippen LogP contribution >= 0.6 is 0 Å². The summed E-state index contributed by atoms with van der Waals surface area (Å²) in [5, 5.41) is 7.22. The van der Waals surface area contributed by atoms with E-state index in [0.29, 0.717) is 22.9 Å². The number of hydrogen-bond acceptors (Lipinski definition) is 6. The Bertz CT molecular complexity index is 1090. The maximum atomic E-state index is 12.8. The maximum Gasteiger partial charge on any atom is 0.267 e. The van der Waals surface area contributed by atoms with E-state index in [-0.39, 0.29) is 18.0 Å². The highest BCUT2D eigenvalue weighted by Crippen LogP contribution is 2.38.